The van der Waals surface area contributed by atoms with Crippen LogP contribution in [0.1, 0.15) is 10.4 Å². The number of halogens is 1. The number of hydrogen-bond donors (Lipinski definition) is 0. The number of ether oxygens (including phenoxy) is 1. The van der Waals surface area contributed by atoms with Gasteiger partial charge in [-0.3, -0.25) is 0 Å². The number of nitrogens with zero attached hydrogens (tertiary/aromatic N) is 2. The van der Waals surface area contributed by atoms with Crippen LogP contribution < -0.4 is 0 Å². The van der Waals surface area contributed by atoms with Gasteiger partial charge in [-0.1, -0.05) is 15.9 Å². The molecule has 0 spiro atoms. The van der Waals surface area contributed by atoms with Crippen LogP contribution >= 0.6 is 15.9 Å². The van der Waals surface area contributed by atoms with E-state index in [1.165, 1.54) is 19.2 Å². The monoisotopic (exact) mass is 241 g/mol. The quantitative estimate of drug-likeness (QED) is 0.561. The SMILES string of the molecule is COC(=O)c1cc(Br)ccc1[N+]#N. The van der Waals surface area contributed by atoms with E-state index in [4.69, 9.17) is 5.39 Å². The Morgan fingerprint density at radius 1 is 1.62 bits per heavy atom. The molecule has 0 amide bonds. The molecule has 0 unspecified atom stereocenters. The Morgan fingerprint density at radius 2 is 2.31 bits per heavy atom. The summed E-state index contributed by atoms with van der Waals surface area (Å²) in [5, 5.41) is 8.56. The van der Waals surface area contributed by atoms with Crippen LogP contribution in [0.25, 0.3) is 4.98 Å². The largest absolute Gasteiger partial charge is 0.465 e. The Kier molecular flexibility index (Phi) is 2.98. The van der Waals surface area contributed by atoms with Crippen LogP contribution in [0.3, 0.4) is 0 Å². The first-order valence-corrected chi connectivity index (χ1v) is 4.21. The van der Waals surface area contributed by atoms with E-state index < -0.39 is 5.97 Å². The first kappa shape index (κ1) is 9.68. The lowest BCUT2D eigenvalue weighted by molar-refractivity contribution is 0.0602. The average Bonchev–Trinajstić information content (AvgIpc) is 2.16. The van der Waals surface area contributed by atoms with Crippen molar-refractivity contribution in [3.05, 3.63) is 33.2 Å². The van der Waals surface area contributed by atoms with Crippen molar-refractivity contribution in [2.75, 3.05) is 7.11 Å². The van der Waals surface area contributed by atoms with Gasteiger partial charge in [0.1, 0.15) is 0 Å². The fourth-order valence-electron chi connectivity index (χ4n) is 0.869. The fraction of sp³-hybridized carbons (Fsp3) is 0.125. The van der Waals surface area contributed by atoms with Crippen LogP contribution in [0.15, 0.2) is 22.7 Å². The number of esters is 1. The van der Waals surface area contributed by atoms with Crippen molar-refractivity contribution >= 4 is 27.6 Å². The highest BCUT2D eigenvalue weighted by molar-refractivity contribution is 9.10. The zero-order chi connectivity index (χ0) is 9.84. The molecule has 0 aromatic heterocycles. The average molecular weight is 242 g/mol. The number of benzene rings is 1. The van der Waals surface area contributed by atoms with E-state index in [1.807, 2.05) is 0 Å². The standard InChI is InChI=1S/C8H6BrN2O2/c1-13-8(12)6-4-5(9)2-3-7(6)11-10/h2-4H,1H3/q+1. The Bertz CT molecular complexity index is 384. The summed E-state index contributed by atoms with van der Waals surface area (Å²) in [7, 11) is 1.27. The minimum absolute atomic E-state index is 0.190. The van der Waals surface area contributed by atoms with Gasteiger partial charge in [0.25, 0.3) is 0 Å². The maximum absolute atomic E-state index is 11.1. The van der Waals surface area contributed by atoms with Crippen molar-refractivity contribution < 1.29 is 9.53 Å². The normalized spacial score (nSPS) is 9.00. The molecule has 1 aromatic carbocycles. The summed E-state index contributed by atoms with van der Waals surface area (Å²) in [5.74, 6) is -0.533. The summed E-state index contributed by atoms with van der Waals surface area (Å²) in [6.45, 7) is 0. The van der Waals surface area contributed by atoms with E-state index in [2.05, 4.69) is 25.6 Å². The highest BCUT2D eigenvalue weighted by Crippen LogP contribution is 2.23. The second-order valence-corrected chi connectivity index (χ2v) is 3.17. The molecule has 0 radical (unpaired) electrons. The smallest absolute Gasteiger partial charge is 0.399 e. The van der Waals surface area contributed by atoms with E-state index in [9.17, 15) is 4.79 Å². The summed E-state index contributed by atoms with van der Waals surface area (Å²) in [6, 6.07) is 4.71. The van der Waals surface area contributed by atoms with Gasteiger partial charge in [0.05, 0.1) is 7.11 Å². The minimum atomic E-state index is -0.533. The lowest BCUT2D eigenvalue weighted by atomic mass is 10.2. The van der Waals surface area contributed by atoms with Crippen molar-refractivity contribution in [1.29, 1.82) is 5.39 Å². The van der Waals surface area contributed by atoms with E-state index >= 15 is 0 Å². The van der Waals surface area contributed by atoms with Crippen LogP contribution in [0.5, 0.6) is 0 Å². The van der Waals surface area contributed by atoms with Crippen LogP contribution in [0, 0.1) is 5.39 Å². The van der Waals surface area contributed by atoms with Gasteiger partial charge in [-0.05, 0) is 12.1 Å². The molecule has 0 fully saturated rings. The molecule has 0 atom stereocenters. The zero-order valence-corrected chi connectivity index (χ0v) is 8.41. The lowest BCUT2D eigenvalue weighted by Crippen LogP contribution is -2.00. The summed E-state index contributed by atoms with van der Waals surface area (Å²) in [5.41, 5.74) is 0.412. The molecule has 13 heavy (non-hydrogen) atoms. The molecular formula is C8H6BrN2O2+. The number of methoxy groups -OCH3 is 1. The third kappa shape index (κ3) is 2.04. The van der Waals surface area contributed by atoms with Gasteiger partial charge < -0.3 is 4.74 Å². The summed E-state index contributed by atoms with van der Waals surface area (Å²) < 4.78 is 5.23. The van der Waals surface area contributed by atoms with Crippen LogP contribution in [-0.2, 0) is 4.74 Å². The van der Waals surface area contributed by atoms with Crippen LogP contribution in [-0.4, -0.2) is 13.1 Å². The highest BCUT2D eigenvalue weighted by atomic mass is 79.9. The molecule has 0 saturated heterocycles. The molecule has 0 N–H and O–H groups in total. The maximum atomic E-state index is 11.1. The van der Waals surface area contributed by atoms with Gasteiger partial charge in [0, 0.05) is 10.5 Å². The Labute approximate surface area is 83.3 Å². The molecule has 5 heteroatoms. The van der Waals surface area contributed by atoms with Crippen molar-refractivity contribution in [3.8, 4) is 0 Å². The second kappa shape index (κ2) is 4.01. The minimum Gasteiger partial charge on any atom is -0.465 e. The Balaban J connectivity index is 3.25. The van der Waals surface area contributed by atoms with E-state index in [-0.39, 0.29) is 11.3 Å². The molecule has 0 heterocycles. The van der Waals surface area contributed by atoms with Crippen molar-refractivity contribution in [3.63, 3.8) is 0 Å². The first-order chi connectivity index (χ1) is 6.19. The van der Waals surface area contributed by atoms with Crippen molar-refractivity contribution in [2.45, 2.75) is 0 Å². The van der Waals surface area contributed by atoms with Crippen LogP contribution in [0.4, 0.5) is 5.69 Å². The number of carbonyl (C=O) groups excluding carboxylic acids is 1. The molecule has 4 nitrogen and oxygen atoms in total. The van der Waals surface area contributed by atoms with Gasteiger partial charge in [-0.25, -0.2) is 4.79 Å². The predicted molar refractivity (Wildman–Crippen MR) is 50.2 cm³/mol. The summed E-state index contributed by atoms with van der Waals surface area (Å²) >= 11 is 3.19. The fourth-order valence-corrected chi connectivity index (χ4v) is 1.23. The first-order valence-electron chi connectivity index (χ1n) is 3.42. The van der Waals surface area contributed by atoms with Gasteiger partial charge >= 0.3 is 11.7 Å². The van der Waals surface area contributed by atoms with Crippen molar-refractivity contribution in [1.82, 2.24) is 0 Å². The van der Waals surface area contributed by atoms with E-state index in [0.717, 1.165) is 4.47 Å². The second-order valence-electron chi connectivity index (χ2n) is 2.25. The number of carbonyl (C=O) groups is 1. The Hall–Kier alpha value is -1.41. The molecule has 66 valence electrons. The summed E-state index contributed by atoms with van der Waals surface area (Å²) in [4.78, 5) is 14.1. The predicted octanol–water partition coefficient (Wildman–Crippen LogP) is 2.72. The molecule has 1 aromatic rings. The van der Waals surface area contributed by atoms with Gasteiger partial charge in [-0.2, -0.15) is 0 Å². The molecule has 0 aliphatic carbocycles. The molecule has 0 aliphatic rings. The van der Waals surface area contributed by atoms with Gasteiger partial charge in [0.15, 0.2) is 10.5 Å². The highest BCUT2D eigenvalue weighted by Gasteiger charge is 2.20. The van der Waals surface area contributed by atoms with E-state index in [1.54, 1.807) is 6.07 Å². The van der Waals surface area contributed by atoms with Crippen molar-refractivity contribution in [2.24, 2.45) is 0 Å². The van der Waals surface area contributed by atoms with Gasteiger partial charge in [0.2, 0.25) is 5.39 Å². The molecule has 0 saturated carbocycles. The topological polar surface area (TPSA) is 54.5 Å². The molecule has 1 rings (SSSR count). The lowest BCUT2D eigenvalue weighted by Gasteiger charge is -1.95. The molecule has 0 aliphatic heterocycles. The number of diazo groups is 1. The Morgan fingerprint density at radius 3 is 2.85 bits per heavy atom. The third-order valence-corrected chi connectivity index (χ3v) is 1.96. The van der Waals surface area contributed by atoms with Crippen LogP contribution in [0.2, 0.25) is 0 Å². The van der Waals surface area contributed by atoms with E-state index in [0.29, 0.717) is 0 Å². The molecule has 0 bridgehead atoms. The van der Waals surface area contributed by atoms with Gasteiger partial charge in [-0.15, -0.1) is 0 Å². The zero-order valence-electron chi connectivity index (χ0n) is 6.82. The number of hydrogen-bond acceptors (Lipinski definition) is 3. The molecular weight excluding hydrogens is 236 g/mol. The number of rotatable bonds is 1. The maximum Gasteiger partial charge on any atom is 0.399 e. The summed E-state index contributed by atoms with van der Waals surface area (Å²) in [6.07, 6.45) is 0. The third-order valence-electron chi connectivity index (χ3n) is 1.47.